The lowest BCUT2D eigenvalue weighted by Crippen LogP contribution is -2.49. The van der Waals surface area contributed by atoms with Gasteiger partial charge in [-0.25, -0.2) is 0 Å². The van der Waals surface area contributed by atoms with Crippen LogP contribution in [0.5, 0.6) is 0 Å². The molecule has 0 aliphatic carbocycles. The molecule has 5 heteroatoms. The van der Waals surface area contributed by atoms with Crippen molar-refractivity contribution in [2.75, 3.05) is 26.3 Å². The number of carbonyl (C=O) groups excluding carboxylic acids is 1. The molecule has 0 aromatic rings. The fourth-order valence-corrected chi connectivity index (χ4v) is 2.36. The number of ether oxygens (including phenoxy) is 1. The summed E-state index contributed by atoms with van der Waals surface area (Å²) in [7, 11) is 0. The van der Waals surface area contributed by atoms with Gasteiger partial charge in [0.2, 0.25) is 5.91 Å². The van der Waals surface area contributed by atoms with Gasteiger partial charge in [-0.1, -0.05) is 13.8 Å². The number of hydrogen-bond acceptors (Lipinski definition) is 3. The first kappa shape index (κ1) is 17.7. The van der Waals surface area contributed by atoms with E-state index in [0.29, 0.717) is 5.92 Å². The molecule has 1 rings (SSSR count). The minimum atomic E-state index is -0.336. The second-order valence-corrected chi connectivity index (χ2v) is 4.80. The Balaban J connectivity index is 0.00000289. The zero-order valence-electron chi connectivity index (χ0n) is 11.6. The Labute approximate surface area is 117 Å². The predicted molar refractivity (Wildman–Crippen MR) is 75.9 cm³/mol. The van der Waals surface area contributed by atoms with E-state index >= 15 is 0 Å². The van der Waals surface area contributed by atoms with Gasteiger partial charge in [-0.3, -0.25) is 4.79 Å². The molecule has 0 bridgehead atoms. The molecule has 0 saturated carbocycles. The normalized spacial score (nSPS) is 17.9. The van der Waals surface area contributed by atoms with E-state index in [-0.39, 0.29) is 24.4 Å². The highest BCUT2D eigenvalue weighted by molar-refractivity contribution is 5.85. The van der Waals surface area contributed by atoms with Crippen LogP contribution in [0.25, 0.3) is 0 Å². The van der Waals surface area contributed by atoms with Crippen LogP contribution in [-0.4, -0.2) is 43.2 Å². The summed E-state index contributed by atoms with van der Waals surface area (Å²) in [5, 5.41) is 0. The maximum absolute atomic E-state index is 12.3. The summed E-state index contributed by atoms with van der Waals surface area (Å²) in [4.78, 5) is 14.2. The molecule has 2 N–H and O–H groups in total. The third-order valence-electron chi connectivity index (χ3n) is 3.36. The van der Waals surface area contributed by atoms with Gasteiger partial charge in [0.15, 0.2) is 0 Å². The van der Waals surface area contributed by atoms with Gasteiger partial charge in [-0.2, -0.15) is 0 Å². The predicted octanol–water partition coefficient (Wildman–Crippen LogP) is 1.81. The Kier molecular flexibility index (Phi) is 9.42. The van der Waals surface area contributed by atoms with Crippen LogP contribution in [0.15, 0.2) is 0 Å². The van der Waals surface area contributed by atoms with E-state index in [1.807, 2.05) is 4.90 Å². The fourth-order valence-electron chi connectivity index (χ4n) is 2.36. The summed E-state index contributed by atoms with van der Waals surface area (Å²) >= 11 is 0. The maximum atomic E-state index is 12.3. The van der Waals surface area contributed by atoms with E-state index in [1.54, 1.807) is 0 Å². The molecular formula is C13H27ClN2O2. The van der Waals surface area contributed by atoms with Gasteiger partial charge in [0, 0.05) is 26.3 Å². The van der Waals surface area contributed by atoms with E-state index in [4.69, 9.17) is 10.5 Å². The van der Waals surface area contributed by atoms with Gasteiger partial charge in [0.05, 0.1) is 6.04 Å². The van der Waals surface area contributed by atoms with Gasteiger partial charge >= 0.3 is 0 Å². The van der Waals surface area contributed by atoms with Crippen LogP contribution in [0.3, 0.4) is 0 Å². The van der Waals surface area contributed by atoms with Crippen molar-refractivity contribution in [3.8, 4) is 0 Å². The average Bonchev–Trinajstić information content (AvgIpc) is 2.38. The Hall–Kier alpha value is -0.320. The Bertz CT molecular complexity index is 227. The van der Waals surface area contributed by atoms with Crippen LogP contribution in [0.2, 0.25) is 0 Å². The van der Waals surface area contributed by atoms with Gasteiger partial charge in [-0.05, 0) is 31.6 Å². The van der Waals surface area contributed by atoms with Crippen molar-refractivity contribution in [3.05, 3.63) is 0 Å². The number of hydrogen-bond donors (Lipinski definition) is 1. The largest absolute Gasteiger partial charge is 0.381 e. The van der Waals surface area contributed by atoms with Crippen LogP contribution in [0.1, 0.15) is 39.5 Å². The van der Waals surface area contributed by atoms with Crippen molar-refractivity contribution in [3.63, 3.8) is 0 Å². The molecule has 0 aromatic heterocycles. The first-order valence-corrected chi connectivity index (χ1v) is 6.82. The SMILES string of the molecule is CCCN(CCC)C(=O)C(N)C1CCOCC1.Cl. The van der Waals surface area contributed by atoms with E-state index in [9.17, 15) is 4.79 Å². The molecule has 4 nitrogen and oxygen atoms in total. The molecule has 108 valence electrons. The molecule has 1 amide bonds. The zero-order chi connectivity index (χ0) is 12.7. The van der Waals surface area contributed by atoms with Crippen molar-refractivity contribution in [2.45, 2.75) is 45.6 Å². The molecule has 1 heterocycles. The van der Waals surface area contributed by atoms with Crippen LogP contribution in [0, 0.1) is 5.92 Å². The highest BCUT2D eigenvalue weighted by atomic mass is 35.5. The van der Waals surface area contributed by atoms with Crippen molar-refractivity contribution in [1.82, 2.24) is 4.90 Å². The topological polar surface area (TPSA) is 55.6 Å². The van der Waals surface area contributed by atoms with Gasteiger partial charge in [0.25, 0.3) is 0 Å². The third kappa shape index (κ3) is 5.12. The molecular weight excluding hydrogens is 252 g/mol. The second kappa shape index (κ2) is 9.59. The lowest BCUT2D eigenvalue weighted by molar-refractivity contribution is -0.134. The molecule has 0 radical (unpaired) electrons. The molecule has 0 spiro atoms. The van der Waals surface area contributed by atoms with Crippen molar-refractivity contribution < 1.29 is 9.53 Å². The van der Waals surface area contributed by atoms with Gasteiger partial charge in [-0.15, -0.1) is 12.4 Å². The van der Waals surface area contributed by atoms with Gasteiger partial charge < -0.3 is 15.4 Å². The molecule has 18 heavy (non-hydrogen) atoms. The molecule has 1 aliphatic rings. The summed E-state index contributed by atoms with van der Waals surface area (Å²) in [6.07, 6.45) is 3.82. The number of amides is 1. The Morgan fingerprint density at radius 2 is 1.78 bits per heavy atom. The first-order chi connectivity index (χ1) is 8.20. The fraction of sp³-hybridized carbons (Fsp3) is 0.923. The summed E-state index contributed by atoms with van der Waals surface area (Å²) in [5.74, 6) is 0.424. The van der Waals surface area contributed by atoms with Crippen LogP contribution in [0.4, 0.5) is 0 Å². The van der Waals surface area contributed by atoms with E-state index in [1.165, 1.54) is 0 Å². The lowest BCUT2D eigenvalue weighted by Gasteiger charge is -2.31. The number of rotatable bonds is 6. The number of halogens is 1. The molecule has 1 atom stereocenters. The monoisotopic (exact) mass is 278 g/mol. The molecule has 1 unspecified atom stereocenters. The lowest BCUT2D eigenvalue weighted by atomic mass is 9.91. The Morgan fingerprint density at radius 1 is 1.28 bits per heavy atom. The van der Waals surface area contributed by atoms with E-state index in [0.717, 1.165) is 52.0 Å². The number of nitrogens with zero attached hydrogens (tertiary/aromatic N) is 1. The van der Waals surface area contributed by atoms with Gasteiger partial charge in [0.1, 0.15) is 0 Å². The molecule has 1 fully saturated rings. The first-order valence-electron chi connectivity index (χ1n) is 6.82. The highest BCUT2D eigenvalue weighted by Gasteiger charge is 2.29. The molecule has 0 aromatic carbocycles. The summed E-state index contributed by atoms with van der Waals surface area (Å²) in [6, 6.07) is -0.336. The minimum Gasteiger partial charge on any atom is -0.381 e. The third-order valence-corrected chi connectivity index (χ3v) is 3.36. The maximum Gasteiger partial charge on any atom is 0.239 e. The quantitative estimate of drug-likeness (QED) is 0.806. The average molecular weight is 279 g/mol. The standard InChI is InChI=1S/C13H26N2O2.ClH/c1-3-7-15(8-4-2)13(16)12(14)11-5-9-17-10-6-11;/h11-12H,3-10,14H2,1-2H3;1H. The number of nitrogens with two attached hydrogens (primary N) is 1. The summed E-state index contributed by atoms with van der Waals surface area (Å²) in [5.41, 5.74) is 6.11. The highest BCUT2D eigenvalue weighted by Crippen LogP contribution is 2.19. The van der Waals surface area contributed by atoms with Crippen molar-refractivity contribution in [1.29, 1.82) is 0 Å². The van der Waals surface area contributed by atoms with Crippen molar-refractivity contribution >= 4 is 18.3 Å². The van der Waals surface area contributed by atoms with E-state index < -0.39 is 0 Å². The second-order valence-electron chi connectivity index (χ2n) is 4.80. The molecule has 1 aliphatic heterocycles. The van der Waals surface area contributed by atoms with Crippen molar-refractivity contribution in [2.24, 2.45) is 11.7 Å². The van der Waals surface area contributed by atoms with Crippen LogP contribution < -0.4 is 5.73 Å². The minimum absolute atomic E-state index is 0. The summed E-state index contributed by atoms with van der Waals surface area (Å²) < 4.78 is 5.30. The Morgan fingerprint density at radius 3 is 2.22 bits per heavy atom. The molecule has 1 saturated heterocycles. The summed E-state index contributed by atoms with van der Waals surface area (Å²) in [6.45, 7) is 7.32. The van der Waals surface area contributed by atoms with Crippen LogP contribution >= 0.6 is 12.4 Å². The van der Waals surface area contributed by atoms with E-state index in [2.05, 4.69) is 13.8 Å². The van der Waals surface area contributed by atoms with Crippen LogP contribution in [-0.2, 0) is 9.53 Å². The zero-order valence-corrected chi connectivity index (χ0v) is 12.4. The number of carbonyl (C=O) groups is 1. The smallest absolute Gasteiger partial charge is 0.239 e.